The zero-order valence-electron chi connectivity index (χ0n) is 8.29. The van der Waals surface area contributed by atoms with Crippen LogP contribution in [0.5, 0.6) is 0 Å². The molecule has 1 aromatic heterocycles. The zero-order valence-corrected chi connectivity index (χ0v) is 8.29. The van der Waals surface area contributed by atoms with Crippen LogP contribution in [0, 0.1) is 0 Å². The molecule has 72 valence electrons. The van der Waals surface area contributed by atoms with Gasteiger partial charge in [0.2, 0.25) is 0 Å². The predicted molar refractivity (Wildman–Crippen MR) is 55.7 cm³/mol. The minimum atomic E-state index is 1.15. The number of aromatic nitrogens is 2. The van der Waals surface area contributed by atoms with E-state index in [0.29, 0.717) is 0 Å². The summed E-state index contributed by atoms with van der Waals surface area (Å²) >= 11 is 0. The van der Waals surface area contributed by atoms with E-state index in [1.165, 1.54) is 43.4 Å². The van der Waals surface area contributed by atoms with Gasteiger partial charge in [-0.15, -0.1) is 0 Å². The van der Waals surface area contributed by atoms with E-state index in [9.17, 15) is 0 Å². The first-order valence-corrected chi connectivity index (χ1v) is 5.45. The van der Waals surface area contributed by atoms with Crippen molar-refractivity contribution in [2.24, 2.45) is 0 Å². The molecule has 0 N–H and O–H groups in total. The fourth-order valence-electron chi connectivity index (χ4n) is 2.63. The van der Waals surface area contributed by atoms with Crippen molar-refractivity contribution in [3.05, 3.63) is 29.4 Å². The van der Waals surface area contributed by atoms with E-state index in [-0.39, 0.29) is 0 Å². The number of aryl methyl sites for hydroxylation is 1. The molecular weight excluding hydrogens is 172 g/mol. The van der Waals surface area contributed by atoms with Crippen LogP contribution in [-0.4, -0.2) is 9.97 Å². The molecule has 0 radical (unpaired) electrons. The van der Waals surface area contributed by atoms with Crippen molar-refractivity contribution in [1.29, 1.82) is 0 Å². The van der Waals surface area contributed by atoms with E-state index in [0.717, 1.165) is 6.42 Å². The Kier molecular flexibility index (Phi) is 1.86. The molecule has 0 amide bonds. The summed E-state index contributed by atoms with van der Waals surface area (Å²) in [5.74, 6) is 0. The second-order valence-electron chi connectivity index (χ2n) is 4.19. The van der Waals surface area contributed by atoms with E-state index >= 15 is 0 Å². The Labute approximate surface area is 84.1 Å². The predicted octanol–water partition coefficient (Wildman–Crippen LogP) is 2.75. The third-order valence-electron chi connectivity index (χ3n) is 3.35. The van der Waals surface area contributed by atoms with Crippen LogP contribution in [0.15, 0.2) is 18.1 Å². The molecule has 0 saturated heterocycles. The lowest BCUT2D eigenvalue weighted by Gasteiger charge is -2.25. The molecule has 1 aromatic rings. The first kappa shape index (κ1) is 8.16. The van der Waals surface area contributed by atoms with Gasteiger partial charge in [-0.1, -0.05) is 5.57 Å². The van der Waals surface area contributed by atoms with Crippen molar-refractivity contribution < 1.29 is 0 Å². The van der Waals surface area contributed by atoms with Gasteiger partial charge in [0.15, 0.2) is 0 Å². The van der Waals surface area contributed by atoms with Crippen LogP contribution in [0.4, 0.5) is 0 Å². The Balaban J connectivity index is 2.13. The summed E-state index contributed by atoms with van der Waals surface area (Å²) in [4.78, 5) is 8.54. The molecule has 1 heterocycles. The molecule has 2 nitrogen and oxygen atoms in total. The molecule has 2 aliphatic carbocycles. The van der Waals surface area contributed by atoms with Crippen molar-refractivity contribution in [3.8, 4) is 0 Å². The minimum Gasteiger partial charge on any atom is -0.244 e. The van der Waals surface area contributed by atoms with Gasteiger partial charge in [-0.2, -0.15) is 0 Å². The highest BCUT2D eigenvalue weighted by atomic mass is 14.8. The van der Waals surface area contributed by atoms with E-state index in [1.807, 2.05) is 6.20 Å². The Morgan fingerprint density at radius 2 is 1.93 bits per heavy atom. The second-order valence-corrected chi connectivity index (χ2v) is 4.19. The summed E-state index contributed by atoms with van der Waals surface area (Å²) in [7, 11) is 0. The van der Waals surface area contributed by atoms with Crippen LogP contribution in [0.3, 0.4) is 0 Å². The summed E-state index contributed by atoms with van der Waals surface area (Å²) in [6.07, 6.45) is 11.3. The Morgan fingerprint density at radius 3 is 2.93 bits per heavy atom. The zero-order chi connectivity index (χ0) is 9.38. The van der Waals surface area contributed by atoms with Gasteiger partial charge in [0, 0.05) is 6.20 Å². The maximum Gasteiger partial charge on any atom is 0.116 e. The smallest absolute Gasteiger partial charge is 0.116 e. The Hall–Kier alpha value is -1.18. The molecule has 0 aromatic carbocycles. The highest BCUT2D eigenvalue weighted by Crippen LogP contribution is 2.38. The van der Waals surface area contributed by atoms with Crippen LogP contribution in [0.25, 0.3) is 5.57 Å². The van der Waals surface area contributed by atoms with Gasteiger partial charge >= 0.3 is 0 Å². The average Bonchev–Trinajstić information content (AvgIpc) is 2.29. The van der Waals surface area contributed by atoms with Gasteiger partial charge in [-0.3, -0.25) is 0 Å². The van der Waals surface area contributed by atoms with E-state index in [4.69, 9.17) is 0 Å². The second kappa shape index (κ2) is 3.19. The third-order valence-corrected chi connectivity index (χ3v) is 3.35. The molecule has 0 atom stereocenters. The van der Waals surface area contributed by atoms with Gasteiger partial charge in [0.25, 0.3) is 0 Å². The van der Waals surface area contributed by atoms with Gasteiger partial charge in [-0.05, 0) is 49.7 Å². The highest BCUT2D eigenvalue weighted by Gasteiger charge is 2.21. The van der Waals surface area contributed by atoms with E-state index in [1.54, 1.807) is 17.5 Å². The van der Waals surface area contributed by atoms with Crippen molar-refractivity contribution in [2.75, 3.05) is 0 Å². The molecule has 0 bridgehead atoms. The lowest BCUT2D eigenvalue weighted by atomic mass is 9.81. The van der Waals surface area contributed by atoms with Gasteiger partial charge in [-0.25, -0.2) is 9.97 Å². The van der Waals surface area contributed by atoms with Crippen molar-refractivity contribution >= 4 is 5.57 Å². The number of hydrogen-bond donors (Lipinski definition) is 0. The number of hydrogen-bond acceptors (Lipinski definition) is 2. The molecular formula is C12H14N2. The molecule has 0 aliphatic heterocycles. The monoisotopic (exact) mass is 186 g/mol. The van der Waals surface area contributed by atoms with Crippen LogP contribution in [0.2, 0.25) is 0 Å². The minimum absolute atomic E-state index is 1.15. The lowest BCUT2D eigenvalue weighted by Crippen LogP contribution is -2.10. The van der Waals surface area contributed by atoms with E-state index < -0.39 is 0 Å². The molecule has 0 fully saturated rings. The molecule has 0 spiro atoms. The topological polar surface area (TPSA) is 25.8 Å². The maximum absolute atomic E-state index is 4.43. The van der Waals surface area contributed by atoms with E-state index in [2.05, 4.69) is 9.97 Å². The van der Waals surface area contributed by atoms with Crippen molar-refractivity contribution in [1.82, 2.24) is 9.97 Å². The Morgan fingerprint density at radius 1 is 1.00 bits per heavy atom. The summed E-state index contributed by atoms with van der Waals surface area (Å²) in [5, 5.41) is 0. The first-order chi connectivity index (χ1) is 6.95. The lowest BCUT2D eigenvalue weighted by molar-refractivity contribution is 0.670. The Bertz CT molecular complexity index is 393. The van der Waals surface area contributed by atoms with Crippen molar-refractivity contribution in [3.63, 3.8) is 0 Å². The molecule has 0 unspecified atom stereocenters. The third kappa shape index (κ3) is 1.17. The number of allylic oxidation sites excluding steroid dienone is 2. The maximum atomic E-state index is 4.43. The van der Waals surface area contributed by atoms with Crippen LogP contribution in [0.1, 0.15) is 43.4 Å². The SMILES string of the molecule is c1ncc2c(n1)C1=C(CCCC1)CC2. The number of fused-ring (bicyclic) bond motifs is 2. The van der Waals surface area contributed by atoms with Gasteiger partial charge in [0.05, 0.1) is 5.69 Å². The summed E-state index contributed by atoms with van der Waals surface area (Å²) in [5.41, 5.74) is 5.82. The van der Waals surface area contributed by atoms with Crippen LogP contribution < -0.4 is 0 Å². The summed E-state index contributed by atoms with van der Waals surface area (Å²) < 4.78 is 0. The van der Waals surface area contributed by atoms with Crippen LogP contribution in [-0.2, 0) is 6.42 Å². The molecule has 14 heavy (non-hydrogen) atoms. The first-order valence-electron chi connectivity index (χ1n) is 5.45. The standard InChI is InChI=1S/C12H14N2/c1-2-4-11-9(3-1)5-6-10-7-13-8-14-12(10)11/h7-8H,1-6H2. The highest BCUT2D eigenvalue weighted by molar-refractivity contribution is 5.70. The molecule has 3 rings (SSSR count). The fourth-order valence-corrected chi connectivity index (χ4v) is 2.63. The quantitative estimate of drug-likeness (QED) is 0.622. The number of rotatable bonds is 0. The molecule has 2 heteroatoms. The average molecular weight is 186 g/mol. The molecule has 2 aliphatic rings. The summed E-state index contributed by atoms with van der Waals surface area (Å²) in [6, 6.07) is 0. The van der Waals surface area contributed by atoms with Crippen molar-refractivity contribution in [2.45, 2.75) is 38.5 Å². The fraction of sp³-hybridized carbons (Fsp3) is 0.500. The summed E-state index contributed by atoms with van der Waals surface area (Å²) in [6.45, 7) is 0. The van der Waals surface area contributed by atoms with Crippen LogP contribution >= 0.6 is 0 Å². The number of nitrogens with zero attached hydrogens (tertiary/aromatic N) is 2. The van der Waals surface area contributed by atoms with Gasteiger partial charge in [0.1, 0.15) is 6.33 Å². The molecule has 0 saturated carbocycles. The normalized spacial score (nSPS) is 20.3. The van der Waals surface area contributed by atoms with Gasteiger partial charge < -0.3 is 0 Å². The largest absolute Gasteiger partial charge is 0.244 e.